The van der Waals surface area contributed by atoms with E-state index in [-0.39, 0.29) is 0 Å². The number of carbonyl (C=O) groups excluding carboxylic acids is 1. The van der Waals surface area contributed by atoms with Crippen LogP contribution < -0.4 is 5.32 Å². The van der Waals surface area contributed by atoms with Crippen LogP contribution >= 0.6 is 0 Å². The maximum atomic E-state index is 10.7. The van der Waals surface area contributed by atoms with E-state index in [4.69, 9.17) is 5.11 Å². The van der Waals surface area contributed by atoms with Crippen molar-refractivity contribution < 1.29 is 14.7 Å². The average molecular weight is 243 g/mol. The second-order valence-electron chi connectivity index (χ2n) is 4.44. The molecule has 0 heterocycles. The zero-order valence-corrected chi connectivity index (χ0v) is 10.8. The summed E-state index contributed by atoms with van der Waals surface area (Å²) in [5.41, 5.74) is 0. The molecule has 2 N–H and O–H groups in total. The molecular formula is C13H25NO3. The molecular weight excluding hydrogens is 218 g/mol. The van der Waals surface area contributed by atoms with Gasteiger partial charge in [0, 0.05) is 0 Å². The number of hydrogen-bond acceptors (Lipinski definition) is 2. The Labute approximate surface area is 104 Å². The molecule has 4 nitrogen and oxygen atoms in total. The van der Waals surface area contributed by atoms with Crippen LogP contribution in [0.15, 0.2) is 0 Å². The third-order valence-corrected chi connectivity index (χ3v) is 2.91. The number of carboxylic acids is 1. The van der Waals surface area contributed by atoms with Crippen LogP contribution in [0.1, 0.15) is 64.7 Å². The minimum atomic E-state index is -0.944. The highest BCUT2D eigenvalue weighted by molar-refractivity contribution is 5.76. The number of aliphatic carboxylic acids is 1. The van der Waals surface area contributed by atoms with E-state index in [1.807, 2.05) is 0 Å². The number of unbranched alkanes of at least 4 members (excludes halogenated alkanes) is 7. The van der Waals surface area contributed by atoms with Gasteiger partial charge in [0.2, 0.25) is 6.41 Å². The monoisotopic (exact) mass is 243 g/mol. The Morgan fingerprint density at radius 1 is 1.12 bits per heavy atom. The number of hydrogen-bond donors (Lipinski definition) is 2. The zero-order valence-electron chi connectivity index (χ0n) is 10.8. The van der Waals surface area contributed by atoms with Crippen LogP contribution in [0, 0.1) is 0 Å². The highest BCUT2D eigenvalue weighted by Crippen LogP contribution is 2.10. The number of rotatable bonds is 12. The first-order valence-electron chi connectivity index (χ1n) is 6.64. The van der Waals surface area contributed by atoms with Gasteiger partial charge >= 0.3 is 5.97 Å². The maximum absolute atomic E-state index is 10.7. The second-order valence-corrected chi connectivity index (χ2v) is 4.44. The third kappa shape index (κ3) is 9.85. The summed E-state index contributed by atoms with van der Waals surface area (Å²) < 4.78 is 0. The molecule has 1 atom stereocenters. The van der Waals surface area contributed by atoms with Gasteiger partial charge in [-0.3, -0.25) is 4.79 Å². The summed E-state index contributed by atoms with van der Waals surface area (Å²) in [6.45, 7) is 2.20. The minimum absolute atomic E-state index is 0.462. The molecule has 0 spiro atoms. The SMILES string of the molecule is CCCCCCCCCCC(NC=O)C(=O)O. The molecule has 0 aromatic heterocycles. The van der Waals surface area contributed by atoms with Crippen LogP contribution in [-0.4, -0.2) is 23.5 Å². The van der Waals surface area contributed by atoms with E-state index in [1.54, 1.807) is 0 Å². The molecule has 4 heteroatoms. The molecule has 0 rings (SSSR count). The molecule has 100 valence electrons. The van der Waals surface area contributed by atoms with Crippen molar-refractivity contribution in [3.8, 4) is 0 Å². The Morgan fingerprint density at radius 2 is 1.65 bits per heavy atom. The quantitative estimate of drug-likeness (QED) is 0.409. The first-order valence-corrected chi connectivity index (χ1v) is 6.64. The Kier molecular flexibility index (Phi) is 10.7. The molecule has 0 aliphatic rings. The lowest BCUT2D eigenvalue weighted by molar-refractivity contribution is -0.140. The summed E-state index contributed by atoms with van der Waals surface area (Å²) in [4.78, 5) is 20.9. The van der Waals surface area contributed by atoms with E-state index in [2.05, 4.69) is 12.2 Å². The van der Waals surface area contributed by atoms with Crippen molar-refractivity contribution in [1.29, 1.82) is 0 Å². The predicted octanol–water partition coefficient (Wildman–Crippen LogP) is 2.72. The molecule has 1 amide bonds. The molecule has 0 aromatic carbocycles. The van der Waals surface area contributed by atoms with Crippen LogP contribution in [0.4, 0.5) is 0 Å². The number of carbonyl (C=O) groups is 2. The molecule has 0 radical (unpaired) electrons. The van der Waals surface area contributed by atoms with Gasteiger partial charge in [-0.05, 0) is 6.42 Å². The van der Waals surface area contributed by atoms with E-state index < -0.39 is 12.0 Å². The van der Waals surface area contributed by atoms with E-state index in [0.29, 0.717) is 12.8 Å². The highest BCUT2D eigenvalue weighted by atomic mass is 16.4. The van der Waals surface area contributed by atoms with Gasteiger partial charge in [0.25, 0.3) is 0 Å². The van der Waals surface area contributed by atoms with E-state index in [1.165, 1.54) is 32.1 Å². The largest absolute Gasteiger partial charge is 0.480 e. The van der Waals surface area contributed by atoms with Gasteiger partial charge in [0.15, 0.2) is 0 Å². The van der Waals surface area contributed by atoms with Crippen LogP contribution in [0.25, 0.3) is 0 Å². The van der Waals surface area contributed by atoms with Crippen molar-refractivity contribution in [1.82, 2.24) is 5.32 Å². The number of amides is 1. The topological polar surface area (TPSA) is 66.4 Å². The zero-order chi connectivity index (χ0) is 12.9. The van der Waals surface area contributed by atoms with Crippen molar-refractivity contribution in [3.63, 3.8) is 0 Å². The number of nitrogens with one attached hydrogen (secondary N) is 1. The van der Waals surface area contributed by atoms with Gasteiger partial charge in [-0.2, -0.15) is 0 Å². The summed E-state index contributed by atoms with van der Waals surface area (Å²) in [5, 5.41) is 11.1. The third-order valence-electron chi connectivity index (χ3n) is 2.91. The summed E-state index contributed by atoms with van der Waals surface area (Å²) in [6.07, 6.45) is 10.5. The number of carboxylic acid groups (broad SMARTS) is 1. The lowest BCUT2D eigenvalue weighted by Gasteiger charge is -2.10. The van der Waals surface area contributed by atoms with Gasteiger partial charge < -0.3 is 10.4 Å². The molecule has 0 saturated heterocycles. The van der Waals surface area contributed by atoms with Crippen LogP contribution in [0.5, 0.6) is 0 Å². The van der Waals surface area contributed by atoms with E-state index >= 15 is 0 Å². The van der Waals surface area contributed by atoms with Crippen molar-refractivity contribution in [2.75, 3.05) is 0 Å². The molecule has 0 aliphatic heterocycles. The average Bonchev–Trinajstić information content (AvgIpc) is 2.31. The van der Waals surface area contributed by atoms with E-state index in [0.717, 1.165) is 19.3 Å². The second kappa shape index (κ2) is 11.4. The molecule has 0 saturated carbocycles. The first kappa shape index (κ1) is 15.9. The summed E-state index contributed by atoms with van der Waals surface area (Å²) in [6, 6.07) is -0.715. The lowest BCUT2D eigenvalue weighted by atomic mass is 10.0. The molecule has 1 unspecified atom stereocenters. The Bertz CT molecular complexity index is 207. The summed E-state index contributed by atoms with van der Waals surface area (Å²) >= 11 is 0. The summed E-state index contributed by atoms with van der Waals surface area (Å²) in [5.74, 6) is -0.944. The van der Waals surface area contributed by atoms with Gasteiger partial charge in [0.05, 0.1) is 0 Å². The molecule has 0 bridgehead atoms. The van der Waals surface area contributed by atoms with Crippen LogP contribution in [0.3, 0.4) is 0 Å². The van der Waals surface area contributed by atoms with Crippen LogP contribution in [-0.2, 0) is 9.59 Å². The van der Waals surface area contributed by atoms with Crippen LogP contribution in [0.2, 0.25) is 0 Å². The normalized spacial score (nSPS) is 12.1. The molecule has 0 aliphatic carbocycles. The smallest absolute Gasteiger partial charge is 0.326 e. The highest BCUT2D eigenvalue weighted by Gasteiger charge is 2.14. The van der Waals surface area contributed by atoms with Crippen molar-refractivity contribution in [2.24, 2.45) is 0 Å². The fraction of sp³-hybridized carbons (Fsp3) is 0.846. The van der Waals surface area contributed by atoms with Crippen molar-refractivity contribution >= 4 is 12.4 Å². The van der Waals surface area contributed by atoms with Gasteiger partial charge in [0.1, 0.15) is 6.04 Å². The minimum Gasteiger partial charge on any atom is -0.480 e. The van der Waals surface area contributed by atoms with Gasteiger partial charge in [-0.15, -0.1) is 0 Å². The van der Waals surface area contributed by atoms with Gasteiger partial charge in [-0.25, -0.2) is 4.79 Å². The standard InChI is InChI=1S/C13H25NO3/c1-2-3-4-5-6-7-8-9-10-12(13(16)17)14-11-15/h11-12H,2-10H2,1H3,(H,14,15)(H,16,17). The Morgan fingerprint density at radius 3 is 2.12 bits per heavy atom. The molecule has 0 fully saturated rings. The Balaban J connectivity index is 3.36. The lowest BCUT2D eigenvalue weighted by Crippen LogP contribution is -2.35. The predicted molar refractivity (Wildman–Crippen MR) is 67.9 cm³/mol. The van der Waals surface area contributed by atoms with Crippen molar-refractivity contribution in [2.45, 2.75) is 70.8 Å². The fourth-order valence-electron chi connectivity index (χ4n) is 1.84. The molecule has 17 heavy (non-hydrogen) atoms. The first-order chi connectivity index (χ1) is 8.22. The van der Waals surface area contributed by atoms with Gasteiger partial charge in [-0.1, -0.05) is 58.3 Å². The molecule has 0 aromatic rings. The Hall–Kier alpha value is -1.06. The maximum Gasteiger partial charge on any atom is 0.326 e. The van der Waals surface area contributed by atoms with E-state index in [9.17, 15) is 9.59 Å². The summed E-state index contributed by atoms with van der Waals surface area (Å²) in [7, 11) is 0. The fourth-order valence-corrected chi connectivity index (χ4v) is 1.84. The van der Waals surface area contributed by atoms with Crippen molar-refractivity contribution in [3.05, 3.63) is 0 Å².